The molecular formula is C15H9Cl2N3O3. The maximum Gasteiger partial charge on any atom is 0.269 e. The minimum Gasteiger partial charge on any atom is -0.294 e. The monoisotopic (exact) mass is 349 g/mol. The minimum atomic E-state index is -0.482. The largest absolute Gasteiger partial charge is 0.294 e. The number of non-ortho nitro benzene ring substituents is 1. The first-order valence-corrected chi connectivity index (χ1v) is 7.29. The average molecular weight is 350 g/mol. The fourth-order valence-corrected chi connectivity index (χ4v) is 2.81. The highest BCUT2D eigenvalue weighted by atomic mass is 35.5. The molecule has 6 nitrogen and oxygen atoms in total. The molecule has 0 N–H and O–H groups in total. The lowest BCUT2D eigenvalue weighted by Gasteiger charge is -2.08. The fourth-order valence-electron chi connectivity index (χ4n) is 2.27. The highest BCUT2D eigenvalue weighted by Gasteiger charge is 2.11. The van der Waals surface area contributed by atoms with Gasteiger partial charge in [-0.2, -0.15) is 0 Å². The summed E-state index contributed by atoms with van der Waals surface area (Å²) in [6, 6.07) is 9.10. The second kappa shape index (κ2) is 5.98. The predicted octanol–water partition coefficient (Wildman–Crippen LogP) is 3.66. The van der Waals surface area contributed by atoms with Gasteiger partial charge in [0.15, 0.2) is 0 Å². The van der Waals surface area contributed by atoms with E-state index in [0.717, 1.165) is 0 Å². The lowest BCUT2D eigenvalue weighted by molar-refractivity contribution is -0.384. The van der Waals surface area contributed by atoms with Gasteiger partial charge in [-0.25, -0.2) is 4.98 Å². The van der Waals surface area contributed by atoms with E-state index in [9.17, 15) is 14.9 Å². The highest BCUT2D eigenvalue weighted by molar-refractivity contribution is 6.38. The van der Waals surface area contributed by atoms with E-state index >= 15 is 0 Å². The molecule has 1 heterocycles. The summed E-state index contributed by atoms with van der Waals surface area (Å²) in [7, 11) is 0. The predicted molar refractivity (Wildman–Crippen MR) is 88.2 cm³/mol. The van der Waals surface area contributed by atoms with Crippen molar-refractivity contribution in [2.45, 2.75) is 6.54 Å². The molecule has 0 fully saturated rings. The van der Waals surface area contributed by atoms with E-state index in [1.807, 2.05) is 0 Å². The molecule has 0 aliphatic heterocycles. The smallest absolute Gasteiger partial charge is 0.269 e. The molecule has 2 aromatic carbocycles. The number of hydrogen-bond acceptors (Lipinski definition) is 4. The third-order valence-corrected chi connectivity index (χ3v) is 3.83. The van der Waals surface area contributed by atoms with Crippen LogP contribution < -0.4 is 5.56 Å². The van der Waals surface area contributed by atoms with Gasteiger partial charge in [0.05, 0.1) is 33.7 Å². The molecule has 3 rings (SSSR count). The maximum atomic E-state index is 12.5. The van der Waals surface area contributed by atoms with Crippen LogP contribution in [0.1, 0.15) is 5.56 Å². The van der Waals surface area contributed by atoms with Gasteiger partial charge in [-0.15, -0.1) is 0 Å². The lowest BCUT2D eigenvalue weighted by atomic mass is 10.2. The molecule has 0 saturated heterocycles. The summed E-state index contributed by atoms with van der Waals surface area (Å²) >= 11 is 12.0. The van der Waals surface area contributed by atoms with E-state index in [1.165, 1.54) is 35.2 Å². The normalized spacial score (nSPS) is 10.9. The van der Waals surface area contributed by atoms with Crippen LogP contribution in [0, 0.1) is 10.1 Å². The van der Waals surface area contributed by atoms with Gasteiger partial charge in [0.25, 0.3) is 11.2 Å². The number of halogens is 2. The van der Waals surface area contributed by atoms with Crippen molar-refractivity contribution < 1.29 is 4.92 Å². The molecule has 0 saturated carbocycles. The quantitative estimate of drug-likeness (QED) is 0.533. The molecule has 0 bridgehead atoms. The van der Waals surface area contributed by atoms with Crippen molar-refractivity contribution in [1.29, 1.82) is 0 Å². The Morgan fingerprint density at radius 3 is 2.74 bits per heavy atom. The number of hydrogen-bond donors (Lipinski definition) is 0. The third kappa shape index (κ3) is 3.04. The molecular weight excluding hydrogens is 341 g/mol. The van der Waals surface area contributed by atoms with Crippen molar-refractivity contribution in [3.8, 4) is 0 Å². The number of nitro benzene ring substituents is 1. The number of nitro groups is 1. The Kier molecular flexibility index (Phi) is 4.02. The maximum absolute atomic E-state index is 12.5. The van der Waals surface area contributed by atoms with Crippen LogP contribution in [0.25, 0.3) is 10.9 Å². The van der Waals surface area contributed by atoms with E-state index < -0.39 is 4.92 Å². The summed E-state index contributed by atoms with van der Waals surface area (Å²) in [6.07, 6.45) is 1.36. The zero-order chi connectivity index (χ0) is 16.6. The Hall–Kier alpha value is -2.44. The van der Waals surface area contributed by atoms with E-state index in [1.54, 1.807) is 12.1 Å². The van der Waals surface area contributed by atoms with E-state index in [-0.39, 0.29) is 17.8 Å². The molecule has 0 amide bonds. The molecule has 23 heavy (non-hydrogen) atoms. The summed E-state index contributed by atoms with van der Waals surface area (Å²) in [5, 5.41) is 11.8. The van der Waals surface area contributed by atoms with Crippen molar-refractivity contribution in [1.82, 2.24) is 9.55 Å². The molecule has 3 aromatic rings. The van der Waals surface area contributed by atoms with Crippen LogP contribution in [0.4, 0.5) is 5.69 Å². The molecule has 0 atom stereocenters. The molecule has 1 aromatic heterocycles. The first kappa shape index (κ1) is 15.5. The SMILES string of the molecule is O=c1c2cc(Cl)cc(Cl)c2ncn1Cc1cccc([N+](=O)[O-])c1. The first-order chi connectivity index (χ1) is 11.0. The number of aromatic nitrogens is 2. The average Bonchev–Trinajstić information content (AvgIpc) is 2.51. The summed E-state index contributed by atoms with van der Waals surface area (Å²) in [4.78, 5) is 27.0. The van der Waals surface area contributed by atoms with Crippen LogP contribution in [0.15, 0.2) is 47.5 Å². The van der Waals surface area contributed by atoms with Gasteiger partial charge in [-0.3, -0.25) is 19.5 Å². The Bertz CT molecular complexity index is 985. The Morgan fingerprint density at radius 2 is 2.00 bits per heavy atom. The van der Waals surface area contributed by atoms with Crippen molar-refractivity contribution in [3.05, 3.63) is 78.8 Å². The topological polar surface area (TPSA) is 78.0 Å². The standard InChI is InChI=1S/C15H9Cl2N3O3/c16-10-5-12-14(13(17)6-10)18-8-19(15(12)21)7-9-2-1-3-11(4-9)20(22)23/h1-6,8H,7H2. The molecule has 8 heteroatoms. The second-order valence-corrected chi connectivity index (χ2v) is 5.73. The Morgan fingerprint density at radius 1 is 1.22 bits per heavy atom. The van der Waals surface area contributed by atoms with Crippen molar-refractivity contribution in [2.24, 2.45) is 0 Å². The van der Waals surface area contributed by atoms with Crippen molar-refractivity contribution in [3.63, 3.8) is 0 Å². The number of rotatable bonds is 3. The van der Waals surface area contributed by atoms with Gasteiger partial charge in [0.2, 0.25) is 0 Å². The van der Waals surface area contributed by atoms with Crippen LogP contribution in [-0.4, -0.2) is 14.5 Å². The van der Waals surface area contributed by atoms with E-state index in [4.69, 9.17) is 23.2 Å². The molecule has 0 aliphatic carbocycles. The van der Waals surface area contributed by atoms with Gasteiger partial charge in [0, 0.05) is 17.2 Å². The zero-order valence-electron chi connectivity index (χ0n) is 11.6. The van der Waals surface area contributed by atoms with Crippen molar-refractivity contribution >= 4 is 39.8 Å². The van der Waals surface area contributed by atoms with E-state index in [0.29, 0.717) is 26.5 Å². The fraction of sp³-hybridized carbons (Fsp3) is 0.0667. The minimum absolute atomic E-state index is 0.0320. The summed E-state index contributed by atoms with van der Waals surface area (Å²) in [5.74, 6) is 0. The Labute approximate surface area is 140 Å². The number of nitrogens with zero attached hydrogens (tertiary/aromatic N) is 3. The van der Waals surface area contributed by atoms with Crippen LogP contribution in [0.3, 0.4) is 0 Å². The Balaban J connectivity index is 2.08. The van der Waals surface area contributed by atoms with Crippen LogP contribution >= 0.6 is 23.2 Å². The van der Waals surface area contributed by atoms with Gasteiger partial charge >= 0.3 is 0 Å². The van der Waals surface area contributed by atoms with E-state index in [2.05, 4.69) is 4.98 Å². The van der Waals surface area contributed by atoms with Crippen LogP contribution in [-0.2, 0) is 6.54 Å². The molecule has 0 aliphatic rings. The molecule has 0 spiro atoms. The van der Waals surface area contributed by atoms with Gasteiger partial charge in [-0.05, 0) is 17.7 Å². The van der Waals surface area contributed by atoms with Gasteiger partial charge < -0.3 is 0 Å². The number of fused-ring (bicyclic) bond motifs is 1. The molecule has 0 radical (unpaired) electrons. The molecule has 116 valence electrons. The summed E-state index contributed by atoms with van der Waals surface area (Å²) in [5.41, 5.74) is 0.647. The third-order valence-electron chi connectivity index (χ3n) is 3.32. The second-order valence-electron chi connectivity index (χ2n) is 4.89. The lowest BCUT2D eigenvalue weighted by Crippen LogP contribution is -2.21. The summed E-state index contributed by atoms with van der Waals surface area (Å²) in [6.45, 7) is 0.160. The number of benzene rings is 2. The highest BCUT2D eigenvalue weighted by Crippen LogP contribution is 2.24. The zero-order valence-corrected chi connectivity index (χ0v) is 13.1. The van der Waals surface area contributed by atoms with Crippen LogP contribution in [0.5, 0.6) is 0 Å². The van der Waals surface area contributed by atoms with Gasteiger partial charge in [0.1, 0.15) is 0 Å². The van der Waals surface area contributed by atoms with Crippen LogP contribution in [0.2, 0.25) is 10.0 Å². The van der Waals surface area contributed by atoms with Crippen molar-refractivity contribution in [2.75, 3.05) is 0 Å². The van der Waals surface area contributed by atoms with Gasteiger partial charge in [-0.1, -0.05) is 35.3 Å². The summed E-state index contributed by atoms with van der Waals surface area (Å²) < 4.78 is 1.36. The first-order valence-electron chi connectivity index (χ1n) is 6.53. The molecule has 0 unspecified atom stereocenters.